The molecular formula is C20H21ClF3N3O3S. The van der Waals surface area contributed by atoms with Gasteiger partial charge in [0, 0.05) is 0 Å². The highest BCUT2D eigenvalue weighted by Gasteiger charge is 2.33. The maximum Gasteiger partial charge on any atom is 0.416 e. The minimum absolute atomic E-state index is 0.250. The number of hydrogen-bond donors (Lipinski definition) is 1. The molecule has 0 aliphatic carbocycles. The molecule has 0 aromatic heterocycles. The van der Waals surface area contributed by atoms with Crippen molar-refractivity contribution in [1.82, 2.24) is 5.43 Å². The van der Waals surface area contributed by atoms with Crippen LogP contribution in [0.25, 0.3) is 0 Å². The van der Waals surface area contributed by atoms with Gasteiger partial charge < -0.3 is 0 Å². The van der Waals surface area contributed by atoms with Crippen LogP contribution in [-0.2, 0) is 21.0 Å². The lowest BCUT2D eigenvalue weighted by molar-refractivity contribution is -0.137. The van der Waals surface area contributed by atoms with E-state index in [1.54, 1.807) is 0 Å². The molecule has 0 spiro atoms. The van der Waals surface area contributed by atoms with E-state index in [0.29, 0.717) is 10.4 Å². The summed E-state index contributed by atoms with van der Waals surface area (Å²) < 4.78 is 63.9. The van der Waals surface area contributed by atoms with Crippen LogP contribution in [0.15, 0.2) is 35.4 Å². The Kier molecular flexibility index (Phi) is 7.38. The van der Waals surface area contributed by atoms with E-state index in [0.717, 1.165) is 40.6 Å². The first-order valence-electron chi connectivity index (χ1n) is 8.95. The van der Waals surface area contributed by atoms with Crippen molar-refractivity contribution in [2.45, 2.75) is 26.9 Å². The summed E-state index contributed by atoms with van der Waals surface area (Å²) in [5, 5.41) is 3.57. The maximum absolute atomic E-state index is 13.0. The van der Waals surface area contributed by atoms with Crippen molar-refractivity contribution in [3.8, 4) is 0 Å². The van der Waals surface area contributed by atoms with Gasteiger partial charge in [0.25, 0.3) is 5.91 Å². The lowest BCUT2D eigenvalue weighted by Crippen LogP contribution is -2.39. The summed E-state index contributed by atoms with van der Waals surface area (Å²) in [4.78, 5) is 12.3. The molecule has 0 bridgehead atoms. The second kappa shape index (κ2) is 9.27. The standard InChI is InChI=1S/C20H21ClF3N3O3S/c1-12-5-6-15(14(3)13(12)2)10-25-26-19(28)11-27(31(4,29)30)18-9-16(20(22,23)24)7-8-17(18)21/h5-10H,11H2,1-4H3,(H,26,28)/b25-10-. The first kappa shape index (κ1) is 24.7. The molecule has 0 unspecified atom stereocenters. The third kappa shape index (κ3) is 6.20. The predicted molar refractivity (Wildman–Crippen MR) is 115 cm³/mol. The first-order valence-corrected chi connectivity index (χ1v) is 11.2. The number of nitrogens with zero attached hydrogens (tertiary/aromatic N) is 2. The number of hydrazone groups is 1. The summed E-state index contributed by atoms with van der Waals surface area (Å²) >= 11 is 5.93. The number of aryl methyl sites for hydroxylation is 1. The highest BCUT2D eigenvalue weighted by molar-refractivity contribution is 7.92. The molecule has 0 aliphatic heterocycles. The highest BCUT2D eigenvalue weighted by atomic mass is 35.5. The number of benzene rings is 2. The first-order chi connectivity index (χ1) is 14.2. The average Bonchev–Trinajstić information content (AvgIpc) is 2.65. The molecule has 168 valence electrons. The minimum atomic E-state index is -4.71. The molecule has 1 N–H and O–H groups in total. The van der Waals surface area contributed by atoms with Crippen LogP contribution in [0.2, 0.25) is 5.02 Å². The van der Waals surface area contributed by atoms with Gasteiger partial charge in [0.05, 0.1) is 28.7 Å². The summed E-state index contributed by atoms with van der Waals surface area (Å²) in [5.41, 5.74) is 4.52. The van der Waals surface area contributed by atoms with E-state index >= 15 is 0 Å². The lowest BCUT2D eigenvalue weighted by Gasteiger charge is -2.23. The molecule has 11 heteroatoms. The largest absolute Gasteiger partial charge is 0.416 e. The Labute approximate surface area is 183 Å². The smallest absolute Gasteiger partial charge is 0.271 e. The summed E-state index contributed by atoms with van der Waals surface area (Å²) in [5.74, 6) is -0.850. The van der Waals surface area contributed by atoms with Gasteiger partial charge in [-0.2, -0.15) is 18.3 Å². The third-order valence-corrected chi connectivity index (χ3v) is 6.17. The normalized spacial score (nSPS) is 12.3. The predicted octanol–water partition coefficient (Wildman–Crippen LogP) is 4.20. The van der Waals surface area contributed by atoms with Crippen LogP contribution in [-0.4, -0.2) is 33.3 Å². The number of hydrogen-bond acceptors (Lipinski definition) is 4. The Morgan fingerprint density at radius 1 is 1.16 bits per heavy atom. The zero-order valence-electron chi connectivity index (χ0n) is 17.2. The fourth-order valence-corrected chi connectivity index (χ4v) is 3.85. The van der Waals surface area contributed by atoms with Crippen molar-refractivity contribution < 1.29 is 26.4 Å². The van der Waals surface area contributed by atoms with Crippen LogP contribution in [0, 0.1) is 20.8 Å². The fraction of sp³-hybridized carbons (Fsp3) is 0.300. The van der Waals surface area contributed by atoms with E-state index in [1.807, 2.05) is 32.9 Å². The van der Waals surface area contributed by atoms with E-state index in [2.05, 4.69) is 10.5 Å². The van der Waals surface area contributed by atoms with Crippen molar-refractivity contribution in [2.75, 3.05) is 17.1 Å². The van der Waals surface area contributed by atoms with Crippen molar-refractivity contribution >= 4 is 39.4 Å². The molecule has 0 saturated carbocycles. The van der Waals surface area contributed by atoms with Gasteiger partial charge >= 0.3 is 6.18 Å². The highest BCUT2D eigenvalue weighted by Crippen LogP contribution is 2.36. The number of carbonyl (C=O) groups excluding carboxylic acids is 1. The topological polar surface area (TPSA) is 78.8 Å². The van der Waals surface area contributed by atoms with Crippen molar-refractivity contribution in [3.05, 3.63) is 63.2 Å². The molecule has 0 heterocycles. The van der Waals surface area contributed by atoms with Gasteiger partial charge in [-0.25, -0.2) is 13.8 Å². The van der Waals surface area contributed by atoms with Crippen LogP contribution in [0.3, 0.4) is 0 Å². The molecule has 0 saturated heterocycles. The van der Waals surface area contributed by atoms with Crippen LogP contribution < -0.4 is 9.73 Å². The molecule has 0 fully saturated rings. The van der Waals surface area contributed by atoms with E-state index < -0.39 is 39.9 Å². The van der Waals surface area contributed by atoms with Gasteiger partial charge in [-0.1, -0.05) is 23.7 Å². The average molecular weight is 476 g/mol. The Morgan fingerprint density at radius 3 is 2.39 bits per heavy atom. The number of carbonyl (C=O) groups is 1. The van der Waals surface area contributed by atoms with Gasteiger partial charge in [0.15, 0.2) is 0 Å². The molecule has 1 amide bonds. The number of amides is 1. The molecule has 0 radical (unpaired) electrons. The van der Waals surface area contributed by atoms with Crippen molar-refractivity contribution in [1.29, 1.82) is 0 Å². The zero-order chi connectivity index (χ0) is 23.6. The molecule has 31 heavy (non-hydrogen) atoms. The third-order valence-electron chi connectivity index (χ3n) is 4.72. The van der Waals surface area contributed by atoms with Crippen molar-refractivity contribution in [2.24, 2.45) is 5.10 Å². The Balaban J connectivity index is 2.25. The van der Waals surface area contributed by atoms with E-state index in [-0.39, 0.29) is 5.02 Å². The van der Waals surface area contributed by atoms with Gasteiger partial charge in [-0.3, -0.25) is 9.10 Å². The summed E-state index contributed by atoms with van der Waals surface area (Å²) in [6.45, 7) is 5.00. The molecule has 2 rings (SSSR count). The Hall–Kier alpha value is -2.59. The number of alkyl halides is 3. The molecule has 6 nitrogen and oxygen atoms in total. The second-order valence-electron chi connectivity index (χ2n) is 6.95. The summed E-state index contributed by atoms with van der Waals surface area (Å²) in [7, 11) is -4.12. The molecular weight excluding hydrogens is 455 g/mol. The summed E-state index contributed by atoms with van der Waals surface area (Å²) in [6.07, 6.45) is -2.54. The number of rotatable bonds is 6. The van der Waals surface area contributed by atoms with Gasteiger partial charge in [-0.05, 0) is 61.2 Å². The lowest BCUT2D eigenvalue weighted by atomic mass is 10.00. The van der Waals surface area contributed by atoms with Crippen LogP contribution >= 0.6 is 11.6 Å². The fourth-order valence-electron chi connectivity index (χ4n) is 2.72. The number of halogens is 4. The SMILES string of the molecule is Cc1ccc(/C=N\NC(=O)CN(c2cc(C(F)(F)F)ccc2Cl)S(C)(=O)=O)c(C)c1C. The van der Waals surface area contributed by atoms with E-state index in [4.69, 9.17) is 11.6 Å². The monoisotopic (exact) mass is 475 g/mol. The Morgan fingerprint density at radius 2 is 1.81 bits per heavy atom. The van der Waals surface area contributed by atoms with Gasteiger partial charge in [0.1, 0.15) is 6.54 Å². The number of sulfonamides is 1. The van der Waals surface area contributed by atoms with Crippen LogP contribution in [0.4, 0.5) is 18.9 Å². The second-order valence-corrected chi connectivity index (χ2v) is 9.26. The quantitative estimate of drug-likeness (QED) is 0.502. The van der Waals surface area contributed by atoms with Crippen LogP contribution in [0.5, 0.6) is 0 Å². The van der Waals surface area contributed by atoms with Crippen LogP contribution in [0.1, 0.15) is 27.8 Å². The van der Waals surface area contributed by atoms with E-state index in [1.165, 1.54) is 6.21 Å². The molecule has 0 atom stereocenters. The minimum Gasteiger partial charge on any atom is -0.271 e. The number of nitrogens with one attached hydrogen (secondary N) is 1. The number of anilines is 1. The maximum atomic E-state index is 13.0. The van der Waals surface area contributed by atoms with E-state index in [9.17, 15) is 26.4 Å². The summed E-state index contributed by atoms with van der Waals surface area (Å²) in [6, 6.07) is 5.95. The molecule has 2 aromatic rings. The van der Waals surface area contributed by atoms with Crippen molar-refractivity contribution in [3.63, 3.8) is 0 Å². The van der Waals surface area contributed by atoms with Gasteiger partial charge in [0.2, 0.25) is 10.0 Å². The zero-order valence-corrected chi connectivity index (χ0v) is 18.8. The Bertz CT molecular complexity index is 1130. The molecule has 0 aliphatic rings. The van der Waals surface area contributed by atoms with Gasteiger partial charge in [-0.15, -0.1) is 0 Å². The molecule has 2 aromatic carbocycles.